The molecule has 1 saturated carbocycles. The number of halogens is 1. The molecule has 2 atom stereocenters. The van der Waals surface area contributed by atoms with Crippen LogP contribution in [0.4, 0.5) is 10.1 Å². The highest BCUT2D eigenvalue weighted by molar-refractivity contribution is 5.56. The highest BCUT2D eigenvalue weighted by atomic mass is 19.1. The molecule has 0 aromatic heterocycles. The Morgan fingerprint density at radius 2 is 2.05 bits per heavy atom. The fourth-order valence-corrected chi connectivity index (χ4v) is 3.97. The molecule has 3 heteroatoms. The van der Waals surface area contributed by atoms with Gasteiger partial charge in [0.2, 0.25) is 0 Å². The molecular formula is C16H23FN2. The van der Waals surface area contributed by atoms with Gasteiger partial charge in [0.1, 0.15) is 5.82 Å². The van der Waals surface area contributed by atoms with Crippen molar-refractivity contribution < 1.29 is 4.39 Å². The van der Waals surface area contributed by atoms with Gasteiger partial charge >= 0.3 is 0 Å². The first kappa shape index (κ1) is 12.9. The van der Waals surface area contributed by atoms with Gasteiger partial charge in [0, 0.05) is 12.6 Å². The van der Waals surface area contributed by atoms with Gasteiger partial charge in [0.15, 0.2) is 0 Å². The molecule has 1 aliphatic carbocycles. The number of nitrogens with zero attached hydrogens (tertiary/aromatic N) is 1. The second kappa shape index (κ2) is 5.49. The van der Waals surface area contributed by atoms with E-state index in [0.29, 0.717) is 12.6 Å². The molecule has 1 aromatic carbocycles. The van der Waals surface area contributed by atoms with Gasteiger partial charge in [-0.15, -0.1) is 0 Å². The summed E-state index contributed by atoms with van der Waals surface area (Å²) in [7, 11) is 0. The number of hydrogen-bond acceptors (Lipinski definition) is 2. The minimum absolute atomic E-state index is 0.0708. The monoisotopic (exact) mass is 262 g/mol. The van der Waals surface area contributed by atoms with Gasteiger partial charge in [-0.1, -0.05) is 18.6 Å². The molecule has 0 spiro atoms. The summed E-state index contributed by atoms with van der Waals surface area (Å²) in [4.78, 5) is 2.35. The quantitative estimate of drug-likeness (QED) is 0.907. The lowest BCUT2D eigenvalue weighted by atomic mass is 9.90. The first-order valence-electron chi connectivity index (χ1n) is 7.55. The van der Waals surface area contributed by atoms with Crippen LogP contribution >= 0.6 is 0 Å². The molecule has 1 aliphatic heterocycles. The predicted octanol–water partition coefficient (Wildman–Crippen LogP) is 3.10. The smallest absolute Gasteiger partial charge is 0.146 e. The summed E-state index contributed by atoms with van der Waals surface area (Å²) >= 11 is 0. The maximum atomic E-state index is 14.3. The lowest BCUT2D eigenvalue weighted by Crippen LogP contribution is -2.43. The van der Waals surface area contributed by atoms with Crippen LogP contribution < -0.4 is 10.6 Å². The minimum atomic E-state index is -0.0708. The summed E-state index contributed by atoms with van der Waals surface area (Å²) in [5, 5.41) is 0. The molecule has 1 aromatic rings. The van der Waals surface area contributed by atoms with Gasteiger partial charge in [-0.05, 0) is 56.2 Å². The van der Waals surface area contributed by atoms with E-state index in [4.69, 9.17) is 5.73 Å². The third kappa shape index (κ3) is 2.36. The Morgan fingerprint density at radius 1 is 1.21 bits per heavy atom. The standard InChI is InChI=1S/C16H23FN2/c17-14-7-1-5-13(9-10-18)16(14)19-11-3-6-12-4-2-8-15(12)19/h1,5,7,12,15H,2-4,6,8-11,18H2. The first-order valence-corrected chi connectivity index (χ1v) is 7.55. The van der Waals surface area contributed by atoms with Crippen LogP contribution in [0.5, 0.6) is 0 Å². The van der Waals surface area contributed by atoms with E-state index >= 15 is 0 Å². The van der Waals surface area contributed by atoms with E-state index in [1.54, 1.807) is 12.1 Å². The highest BCUT2D eigenvalue weighted by Gasteiger charge is 2.36. The molecule has 2 N–H and O–H groups in total. The van der Waals surface area contributed by atoms with E-state index in [1.165, 1.54) is 32.1 Å². The number of nitrogens with two attached hydrogens (primary N) is 1. The Kier molecular flexibility index (Phi) is 3.74. The normalized spacial score (nSPS) is 26.5. The number of rotatable bonds is 3. The van der Waals surface area contributed by atoms with Crippen LogP contribution in [0.3, 0.4) is 0 Å². The average molecular weight is 262 g/mol. The third-order valence-corrected chi connectivity index (χ3v) is 4.76. The zero-order valence-corrected chi connectivity index (χ0v) is 11.4. The summed E-state index contributed by atoms with van der Waals surface area (Å²) < 4.78 is 14.3. The first-order chi connectivity index (χ1) is 9.31. The molecule has 2 aliphatic rings. The van der Waals surface area contributed by atoms with Crippen molar-refractivity contribution in [2.75, 3.05) is 18.0 Å². The number of fused-ring (bicyclic) bond motifs is 1. The van der Waals surface area contributed by atoms with Crippen molar-refractivity contribution in [2.24, 2.45) is 11.7 Å². The van der Waals surface area contributed by atoms with E-state index in [0.717, 1.165) is 30.1 Å². The number of hydrogen-bond donors (Lipinski definition) is 1. The lowest BCUT2D eigenvalue weighted by molar-refractivity contribution is 0.359. The van der Waals surface area contributed by atoms with Crippen molar-refractivity contribution in [1.29, 1.82) is 0 Å². The van der Waals surface area contributed by atoms with Crippen LogP contribution in [-0.2, 0) is 6.42 Å². The molecule has 2 fully saturated rings. The molecule has 0 bridgehead atoms. The summed E-state index contributed by atoms with van der Waals surface area (Å²) in [6.45, 7) is 1.58. The van der Waals surface area contributed by atoms with Gasteiger partial charge in [0.25, 0.3) is 0 Å². The van der Waals surface area contributed by atoms with E-state index in [-0.39, 0.29) is 5.82 Å². The lowest BCUT2D eigenvalue weighted by Gasteiger charge is -2.40. The van der Waals surface area contributed by atoms with Crippen LogP contribution in [0.1, 0.15) is 37.7 Å². The van der Waals surface area contributed by atoms with Crippen molar-refractivity contribution in [2.45, 2.75) is 44.6 Å². The van der Waals surface area contributed by atoms with Gasteiger partial charge in [-0.25, -0.2) is 4.39 Å². The highest BCUT2D eigenvalue weighted by Crippen LogP contribution is 2.40. The average Bonchev–Trinajstić information content (AvgIpc) is 2.88. The third-order valence-electron chi connectivity index (χ3n) is 4.76. The number of anilines is 1. The van der Waals surface area contributed by atoms with Crippen molar-refractivity contribution in [3.05, 3.63) is 29.6 Å². The van der Waals surface area contributed by atoms with Gasteiger partial charge in [-0.3, -0.25) is 0 Å². The van der Waals surface area contributed by atoms with Crippen molar-refractivity contribution in [3.63, 3.8) is 0 Å². The fourth-order valence-electron chi connectivity index (χ4n) is 3.97. The van der Waals surface area contributed by atoms with E-state index < -0.39 is 0 Å². The molecule has 1 saturated heterocycles. The van der Waals surface area contributed by atoms with Crippen LogP contribution in [0, 0.1) is 11.7 Å². The van der Waals surface area contributed by atoms with Crippen LogP contribution in [0.25, 0.3) is 0 Å². The van der Waals surface area contributed by atoms with Crippen LogP contribution in [0.15, 0.2) is 18.2 Å². The van der Waals surface area contributed by atoms with Crippen LogP contribution in [-0.4, -0.2) is 19.1 Å². The topological polar surface area (TPSA) is 29.3 Å². The van der Waals surface area contributed by atoms with Gasteiger partial charge in [0.05, 0.1) is 5.69 Å². The zero-order valence-electron chi connectivity index (χ0n) is 11.4. The second-order valence-electron chi connectivity index (χ2n) is 5.88. The fraction of sp³-hybridized carbons (Fsp3) is 0.625. The Hall–Kier alpha value is -1.09. The zero-order chi connectivity index (χ0) is 13.2. The molecular weight excluding hydrogens is 239 g/mol. The summed E-state index contributed by atoms with van der Waals surface area (Å²) in [5.74, 6) is 0.706. The van der Waals surface area contributed by atoms with Gasteiger partial charge in [-0.2, -0.15) is 0 Å². The number of piperidine rings is 1. The molecule has 0 radical (unpaired) electrons. The molecule has 2 unspecified atom stereocenters. The maximum absolute atomic E-state index is 14.3. The van der Waals surface area contributed by atoms with Crippen molar-refractivity contribution in [1.82, 2.24) is 0 Å². The molecule has 104 valence electrons. The van der Waals surface area contributed by atoms with Crippen LogP contribution in [0.2, 0.25) is 0 Å². The largest absolute Gasteiger partial charge is 0.366 e. The Balaban J connectivity index is 1.95. The molecule has 1 heterocycles. The summed E-state index contributed by atoms with van der Waals surface area (Å²) in [6, 6.07) is 5.99. The summed E-state index contributed by atoms with van der Waals surface area (Å²) in [5.41, 5.74) is 7.59. The summed E-state index contributed by atoms with van der Waals surface area (Å²) in [6.07, 6.45) is 7.12. The molecule has 2 nitrogen and oxygen atoms in total. The van der Waals surface area contributed by atoms with E-state index in [2.05, 4.69) is 4.90 Å². The molecule has 19 heavy (non-hydrogen) atoms. The van der Waals surface area contributed by atoms with E-state index in [1.807, 2.05) is 6.07 Å². The Bertz CT molecular complexity index is 446. The van der Waals surface area contributed by atoms with E-state index in [9.17, 15) is 4.39 Å². The Labute approximate surface area is 114 Å². The van der Waals surface area contributed by atoms with Crippen molar-refractivity contribution in [3.8, 4) is 0 Å². The number of para-hydroxylation sites is 1. The second-order valence-corrected chi connectivity index (χ2v) is 5.88. The number of benzene rings is 1. The van der Waals surface area contributed by atoms with Gasteiger partial charge < -0.3 is 10.6 Å². The molecule has 0 amide bonds. The Morgan fingerprint density at radius 3 is 2.89 bits per heavy atom. The van der Waals surface area contributed by atoms with Crippen molar-refractivity contribution >= 4 is 5.69 Å². The minimum Gasteiger partial charge on any atom is -0.366 e. The SMILES string of the molecule is NCCc1cccc(F)c1N1CCCC2CCCC21. The maximum Gasteiger partial charge on any atom is 0.146 e. The molecule has 3 rings (SSSR count). The predicted molar refractivity (Wildman–Crippen MR) is 76.9 cm³/mol.